The molecule has 6 heteroatoms. The SMILES string of the molecule is C=C(CN[C@H](C)CC(CC)/C(N)=N/N)N1CCCC1C#N. The number of amidine groups is 1. The van der Waals surface area contributed by atoms with Crippen molar-refractivity contribution < 1.29 is 0 Å². The number of hydrazone groups is 1. The number of nitrogens with one attached hydrogen (secondary N) is 1. The van der Waals surface area contributed by atoms with Crippen LogP contribution in [-0.2, 0) is 0 Å². The summed E-state index contributed by atoms with van der Waals surface area (Å²) in [6, 6.07) is 2.61. The topological polar surface area (TPSA) is 103 Å². The number of nitriles is 1. The number of nitrogens with two attached hydrogens (primary N) is 2. The van der Waals surface area contributed by atoms with E-state index in [1.54, 1.807) is 0 Å². The summed E-state index contributed by atoms with van der Waals surface area (Å²) in [5.41, 5.74) is 6.79. The van der Waals surface area contributed by atoms with Gasteiger partial charge in [0.15, 0.2) is 0 Å². The van der Waals surface area contributed by atoms with E-state index in [1.807, 2.05) is 0 Å². The lowest BCUT2D eigenvalue weighted by Crippen LogP contribution is -2.38. The lowest BCUT2D eigenvalue weighted by molar-refractivity contribution is 0.351. The van der Waals surface area contributed by atoms with Gasteiger partial charge < -0.3 is 21.8 Å². The number of nitrogens with zero attached hydrogens (tertiary/aromatic N) is 3. The van der Waals surface area contributed by atoms with E-state index in [-0.39, 0.29) is 18.0 Å². The highest BCUT2D eigenvalue weighted by Crippen LogP contribution is 2.20. The fraction of sp³-hybridized carbons (Fsp3) is 0.733. The van der Waals surface area contributed by atoms with Crippen LogP contribution in [0.3, 0.4) is 0 Å². The molecule has 3 atom stereocenters. The number of likely N-dealkylation sites (tertiary alicyclic amines) is 1. The maximum absolute atomic E-state index is 9.11. The molecule has 0 spiro atoms. The number of hydrogen-bond acceptors (Lipinski definition) is 5. The molecule has 0 aromatic rings. The average Bonchev–Trinajstić information content (AvgIpc) is 2.97. The van der Waals surface area contributed by atoms with E-state index >= 15 is 0 Å². The van der Waals surface area contributed by atoms with E-state index in [0.29, 0.717) is 12.4 Å². The maximum Gasteiger partial charge on any atom is 0.122 e. The highest BCUT2D eigenvalue weighted by Gasteiger charge is 2.25. The maximum atomic E-state index is 9.11. The summed E-state index contributed by atoms with van der Waals surface area (Å²) in [5.74, 6) is 5.96. The molecular formula is C15H28N6. The molecule has 1 rings (SSSR count). The molecule has 1 saturated heterocycles. The molecular weight excluding hydrogens is 264 g/mol. The van der Waals surface area contributed by atoms with E-state index in [2.05, 4.69) is 41.8 Å². The highest BCUT2D eigenvalue weighted by atomic mass is 15.2. The van der Waals surface area contributed by atoms with Gasteiger partial charge in [0.2, 0.25) is 0 Å². The van der Waals surface area contributed by atoms with Crippen molar-refractivity contribution in [2.75, 3.05) is 13.1 Å². The Kier molecular flexibility index (Phi) is 7.03. The second kappa shape index (κ2) is 8.53. The highest BCUT2D eigenvalue weighted by molar-refractivity contribution is 5.82. The molecule has 2 unspecified atom stereocenters. The minimum absolute atomic E-state index is 0.0157. The third kappa shape index (κ3) is 4.94. The molecule has 0 aromatic carbocycles. The molecule has 1 aliphatic rings. The van der Waals surface area contributed by atoms with Gasteiger partial charge in [-0.1, -0.05) is 13.5 Å². The Balaban J connectivity index is 2.40. The first-order chi connectivity index (χ1) is 10.0. The molecule has 21 heavy (non-hydrogen) atoms. The van der Waals surface area contributed by atoms with Crippen LogP contribution in [0.1, 0.15) is 39.5 Å². The normalized spacial score (nSPS) is 21.9. The number of rotatable bonds is 8. The molecule has 118 valence electrons. The van der Waals surface area contributed by atoms with Crippen molar-refractivity contribution in [1.29, 1.82) is 5.26 Å². The van der Waals surface area contributed by atoms with Crippen LogP contribution in [0, 0.1) is 17.2 Å². The van der Waals surface area contributed by atoms with Gasteiger partial charge in [-0.2, -0.15) is 10.4 Å². The molecule has 0 radical (unpaired) electrons. The predicted molar refractivity (Wildman–Crippen MR) is 86.2 cm³/mol. The first-order valence-corrected chi connectivity index (χ1v) is 7.64. The third-order valence-electron chi connectivity index (χ3n) is 4.16. The van der Waals surface area contributed by atoms with Gasteiger partial charge in [-0.15, -0.1) is 0 Å². The van der Waals surface area contributed by atoms with Crippen molar-refractivity contribution in [2.45, 2.75) is 51.6 Å². The van der Waals surface area contributed by atoms with Crippen LogP contribution in [-0.4, -0.2) is 35.9 Å². The first kappa shape index (κ1) is 17.3. The van der Waals surface area contributed by atoms with Gasteiger partial charge in [-0.05, 0) is 32.6 Å². The van der Waals surface area contributed by atoms with Gasteiger partial charge in [0.1, 0.15) is 11.9 Å². The van der Waals surface area contributed by atoms with E-state index in [1.165, 1.54) is 0 Å². The van der Waals surface area contributed by atoms with Gasteiger partial charge in [0, 0.05) is 30.7 Å². The Labute approximate surface area is 127 Å². The van der Waals surface area contributed by atoms with E-state index in [9.17, 15) is 0 Å². The van der Waals surface area contributed by atoms with E-state index < -0.39 is 0 Å². The zero-order chi connectivity index (χ0) is 15.8. The summed E-state index contributed by atoms with van der Waals surface area (Å²) in [4.78, 5) is 2.10. The first-order valence-electron chi connectivity index (χ1n) is 7.64. The Bertz CT molecular complexity index is 411. The Hall–Kier alpha value is -1.74. The quantitative estimate of drug-likeness (QED) is 0.269. The second-order valence-electron chi connectivity index (χ2n) is 5.72. The molecule has 1 heterocycles. The van der Waals surface area contributed by atoms with Gasteiger partial charge in [0.05, 0.1) is 6.07 Å². The fourth-order valence-electron chi connectivity index (χ4n) is 2.79. The molecule has 0 saturated carbocycles. The molecule has 0 bridgehead atoms. The molecule has 6 nitrogen and oxygen atoms in total. The minimum Gasteiger partial charge on any atom is -0.386 e. The third-order valence-corrected chi connectivity index (χ3v) is 4.16. The smallest absolute Gasteiger partial charge is 0.122 e. The van der Waals surface area contributed by atoms with Crippen LogP contribution in [0.25, 0.3) is 0 Å². The van der Waals surface area contributed by atoms with Crippen LogP contribution < -0.4 is 16.9 Å². The molecule has 0 amide bonds. The van der Waals surface area contributed by atoms with Gasteiger partial charge in [-0.3, -0.25) is 0 Å². The summed E-state index contributed by atoms with van der Waals surface area (Å²) >= 11 is 0. The predicted octanol–water partition coefficient (Wildman–Crippen LogP) is 1.11. The van der Waals surface area contributed by atoms with Gasteiger partial charge in [-0.25, -0.2) is 0 Å². The Morgan fingerprint density at radius 3 is 2.90 bits per heavy atom. The van der Waals surface area contributed by atoms with Crippen LogP contribution in [0.5, 0.6) is 0 Å². The monoisotopic (exact) mass is 292 g/mol. The van der Waals surface area contributed by atoms with E-state index in [0.717, 1.165) is 37.9 Å². The van der Waals surface area contributed by atoms with Crippen molar-refractivity contribution in [1.82, 2.24) is 10.2 Å². The molecule has 1 fully saturated rings. The minimum atomic E-state index is -0.0157. The number of hydrogen-bond donors (Lipinski definition) is 3. The largest absolute Gasteiger partial charge is 0.386 e. The Morgan fingerprint density at radius 1 is 1.62 bits per heavy atom. The summed E-state index contributed by atoms with van der Waals surface area (Å²) in [6.45, 7) is 9.92. The molecule has 0 aliphatic carbocycles. The summed E-state index contributed by atoms with van der Waals surface area (Å²) in [5, 5.41) is 16.2. The lowest BCUT2D eigenvalue weighted by Gasteiger charge is -2.26. The zero-order valence-corrected chi connectivity index (χ0v) is 13.2. The van der Waals surface area contributed by atoms with Crippen molar-refractivity contribution in [3.05, 3.63) is 12.3 Å². The Morgan fingerprint density at radius 2 is 2.33 bits per heavy atom. The standard InChI is InChI=1S/C15H28N6/c1-4-13(15(17)20-18)8-11(2)19-10-12(3)21-7-5-6-14(21)9-16/h11,13-14,19H,3-8,10,18H2,1-2H3,(H2,17,20)/t11-,13?,14?/m1/s1. The lowest BCUT2D eigenvalue weighted by atomic mass is 9.97. The summed E-state index contributed by atoms with van der Waals surface area (Å²) < 4.78 is 0. The van der Waals surface area contributed by atoms with Crippen LogP contribution in [0.15, 0.2) is 17.4 Å². The molecule has 0 aromatic heterocycles. The van der Waals surface area contributed by atoms with Crippen LogP contribution >= 0.6 is 0 Å². The van der Waals surface area contributed by atoms with Crippen molar-refractivity contribution in [2.24, 2.45) is 22.6 Å². The summed E-state index contributed by atoms with van der Waals surface area (Å²) in [6.07, 6.45) is 3.81. The fourth-order valence-corrected chi connectivity index (χ4v) is 2.79. The molecule has 5 N–H and O–H groups in total. The van der Waals surface area contributed by atoms with Crippen molar-refractivity contribution in [3.8, 4) is 6.07 Å². The average molecular weight is 292 g/mol. The van der Waals surface area contributed by atoms with Gasteiger partial charge >= 0.3 is 0 Å². The zero-order valence-electron chi connectivity index (χ0n) is 13.2. The molecule has 1 aliphatic heterocycles. The van der Waals surface area contributed by atoms with Gasteiger partial charge in [0.25, 0.3) is 0 Å². The van der Waals surface area contributed by atoms with E-state index in [4.69, 9.17) is 16.8 Å². The second-order valence-corrected chi connectivity index (χ2v) is 5.72. The van der Waals surface area contributed by atoms with Crippen LogP contribution in [0.4, 0.5) is 0 Å². The van der Waals surface area contributed by atoms with Crippen molar-refractivity contribution >= 4 is 5.84 Å². The van der Waals surface area contributed by atoms with Crippen LogP contribution in [0.2, 0.25) is 0 Å². The van der Waals surface area contributed by atoms with Crippen molar-refractivity contribution in [3.63, 3.8) is 0 Å². The summed E-state index contributed by atoms with van der Waals surface area (Å²) in [7, 11) is 0.